The van der Waals surface area contributed by atoms with Crippen molar-refractivity contribution in [1.29, 1.82) is 0 Å². The highest BCUT2D eigenvalue weighted by Gasteiger charge is 2.36. The number of aromatic nitrogens is 2. The number of fused-ring (bicyclic) bond motifs is 2. The van der Waals surface area contributed by atoms with Crippen LogP contribution in [0.15, 0.2) is 42.5 Å². The Kier molecular flexibility index (Phi) is 4.94. The lowest BCUT2D eigenvalue weighted by Gasteiger charge is -2.33. The highest BCUT2D eigenvalue weighted by atomic mass is 16.2. The second kappa shape index (κ2) is 8.01. The van der Waals surface area contributed by atoms with Crippen LogP contribution in [0.5, 0.6) is 0 Å². The van der Waals surface area contributed by atoms with Gasteiger partial charge in [0.2, 0.25) is 11.8 Å². The summed E-state index contributed by atoms with van der Waals surface area (Å²) < 4.78 is 2.38. The van der Waals surface area contributed by atoms with Crippen molar-refractivity contribution in [2.75, 3.05) is 18.0 Å². The molecule has 3 aliphatic rings. The molecule has 6 rings (SSSR count). The Morgan fingerprint density at radius 3 is 2.47 bits per heavy atom. The molecule has 2 N–H and O–H groups in total. The molecular weight excluding hydrogens is 426 g/mol. The van der Waals surface area contributed by atoms with Crippen molar-refractivity contribution in [3.63, 3.8) is 0 Å². The van der Waals surface area contributed by atoms with Crippen molar-refractivity contribution in [1.82, 2.24) is 14.5 Å². The standard InChI is InChI=1S/C27H29N5O2/c1-17(33)30-13-14-32-24(16-30)27(29-26(32)20-8-9-20)31-12-2-3-22-15-21(10-11-23(22)31)18-4-6-19(7-5-18)25(28)34/h4-7,10-11,15,20H,2-3,8-9,12-14,16H2,1H3,(H2,28,34). The van der Waals surface area contributed by atoms with Crippen molar-refractivity contribution in [3.05, 3.63) is 65.1 Å². The van der Waals surface area contributed by atoms with E-state index in [1.165, 1.54) is 35.6 Å². The number of rotatable bonds is 4. The van der Waals surface area contributed by atoms with Crippen LogP contribution in [0, 0.1) is 0 Å². The van der Waals surface area contributed by atoms with Crippen LogP contribution in [0.4, 0.5) is 11.5 Å². The van der Waals surface area contributed by atoms with E-state index >= 15 is 0 Å². The summed E-state index contributed by atoms with van der Waals surface area (Å²) in [7, 11) is 0. The van der Waals surface area contributed by atoms with Gasteiger partial charge in [0.25, 0.3) is 0 Å². The zero-order chi connectivity index (χ0) is 23.4. The van der Waals surface area contributed by atoms with Gasteiger partial charge in [0.15, 0.2) is 5.82 Å². The Hall–Kier alpha value is -3.61. The fourth-order valence-electron chi connectivity index (χ4n) is 5.34. The van der Waals surface area contributed by atoms with Crippen LogP contribution in [-0.2, 0) is 24.3 Å². The van der Waals surface area contributed by atoms with Crippen LogP contribution in [-0.4, -0.2) is 39.4 Å². The molecule has 0 bridgehead atoms. The third kappa shape index (κ3) is 3.56. The number of carbonyl (C=O) groups is 2. The number of aryl methyl sites for hydroxylation is 1. The second-order valence-corrected chi connectivity index (χ2v) is 9.65. The molecule has 1 aliphatic carbocycles. The van der Waals surface area contributed by atoms with Gasteiger partial charge in [-0.05, 0) is 66.6 Å². The quantitative estimate of drug-likeness (QED) is 0.645. The van der Waals surface area contributed by atoms with Crippen molar-refractivity contribution in [2.45, 2.75) is 51.6 Å². The zero-order valence-electron chi connectivity index (χ0n) is 19.5. The minimum atomic E-state index is -0.412. The van der Waals surface area contributed by atoms with E-state index in [1.54, 1.807) is 19.1 Å². The van der Waals surface area contributed by atoms with Crippen LogP contribution in [0.2, 0.25) is 0 Å². The molecular formula is C27H29N5O2. The Morgan fingerprint density at radius 2 is 1.76 bits per heavy atom. The molecule has 0 spiro atoms. The smallest absolute Gasteiger partial charge is 0.248 e. The summed E-state index contributed by atoms with van der Waals surface area (Å²) in [5, 5.41) is 0. The molecule has 34 heavy (non-hydrogen) atoms. The van der Waals surface area contributed by atoms with E-state index in [-0.39, 0.29) is 5.91 Å². The van der Waals surface area contributed by atoms with Crippen LogP contribution >= 0.6 is 0 Å². The molecule has 2 aliphatic heterocycles. The van der Waals surface area contributed by atoms with Gasteiger partial charge < -0.3 is 20.1 Å². The molecule has 1 saturated carbocycles. The monoisotopic (exact) mass is 455 g/mol. The minimum Gasteiger partial charge on any atom is -0.366 e. The first-order valence-electron chi connectivity index (χ1n) is 12.1. The average Bonchev–Trinajstić information content (AvgIpc) is 3.63. The lowest BCUT2D eigenvalue weighted by atomic mass is 9.95. The second-order valence-electron chi connectivity index (χ2n) is 9.65. The van der Waals surface area contributed by atoms with E-state index in [0.29, 0.717) is 18.0 Å². The Balaban J connectivity index is 1.37. The van der Waals surface area contributed by atoms with Gasteiger partial charge in [-0.25, -0.2) is 4.98 Å². The molecule has 3 aromatic rings. The first-order valence-corrected chi connectivity index (χ1v) is 12.1. The van der Waals surface area contributed by atoms with E-state index in [9.17, 15) is 9.59 Å². The third-order valence-corrected chi connectivity index (χ3v) is 7.36. The van der Waals surface area contributed by atoms with Crippen molar-refractivity contribution in [2.24, 2.45) is 5.73 Å². The Labute approximate surface area is 199 Å². The number of carbonyl (C=O) groups excluding carboxylic acids is 2. The largest absolute Gasteiger partial charge is 0.366 e. The molecule has 0 unspecified atom stereocenters. The lowest BCUT2D eigenvalue weighted by Crippen LogP contribution is -2.38. The normalized spacial score (nSPS) is 17.3. The summed E-state index contributed by atoms with van der Waals surface area (Å²) in [6.07, 6.45) is 4.49. The zero-order valence-corrected chi connectivity index (χ0v) is 19.5. The number of hydrogen-bond donors (Lipinski definition) is 1. The maximum absolute atomic E-state index is 12.1. The van der Waals surface area contributed by atoms with E-state index in [1.807, 2.05) is 17.0 Å². The maximum Gasteiger partial charge on any atom is 0.248 e. The van der Waals surface area contributed by atoms with E-state index in [0.717, 1.165) is 49.4 Å². The molecule has 7 heteroatoms. The number of amides is 2. The van der Waals surface area contributed by atoms with Gasteiger partial charge in [0.05, 0.1) is 12.2 Å². The van der Waals surface area contributed by atoms with Crippen LogP contribution < -0.4 is 10.6 Å². The lowest BCUT2D eigenvalue weighted by molar-refractivity contribution is -0.130. The fourth-order valence-corrected chi connectivity index (χ4v) is 5.34. The molecule has 1 aromatic heterocycles. The number of primary amides is 1. The van der Waals surface area contributed by atoms with Gasteiger partial charge in [-0.1, -0.05) is 18.2 Å². The first kappa shape index (κ1) is 21.0. The summed E-state index contributed by atoms with van der Waals surface area (Å²) in [5.74, 6) is 2.49. The summed E-state index contributed by atoms with van der Waals surface area (Å²) in [6.45, 7) is 4.79. The number of benzene rings is 2. The van der Waals surface area contributed by atoms with Gasteiger partial charge in [0, 0.05) is 43.7 Å². The number of anilines is 2. The van der Waals surface area contributed by atoms with Crippen LogP contribution in [0.1, 0.15) is 59.5 Å². The van der Waals surface area contributed by atoms with E-state index < -0.39 is 5.91 Å². The molecule has 3 heterocycles. The van der Waals surface area contributed by atoms with Gasteiger partial charge >= 0.3 is 0 Å². The third-order valence-electron chi connectivity index (χ3n) is 7.36. The fraction of sp³-hybridized carbons (Fsp3) is 0.370. The maximum atomic E-state index is 12.1. The van der Waals surface area contributed by atoms with Crippen molar-refractivity contribution in [3.8, 4) is 11.1 Å². The van der Waals surface area contributed by atoms with Crippen molar-refractivity contribution >= 4 is 23.3 Å². The van der Waals surface area contributed by atoms with Gasteiger partial charge in [0.1, 0.15) is 5.82 Å². The Bertz CT molecular complexity index is 1290. The van der Waals surface area contributed by atoms with Crippen LogP contribution in [0.25, 0.3) is 11.1 Å². The molecule has 0 radical (unpaired) electrons. The molecule has 0 atom stereocenters. The van der Waals surface area contributed by atoms with Gasteiger partial charge in [-0.3, -0.25) is 9.59 Å². The molecule has 2 aromatic carbocycles. The van der Waals surface area contributed by atoms with E-state index in [2.05, 4.69) is 27.7 Å². The highest BCUT2D eigenvalue weighted by molar-refractivity contribution is 5.93. The summed E-state index contributed by atoms with van der Waals surface area (Å²) in [5.41, 5.74) is 11.8. The Morgan fingerprint density at radius 1 is 1.00 bits per heavy atom. The molecule has 1 fully saturated rings. The predicted octanol–water partition coefficient (Wildman–Crippen LogP) is 3.97. The topological polar surface area (TPSA) is 84.5 Å². The average molecular weight is 456 g/mol. The highest BCUT2D eigenvalue weighted by Crippen LogP contribution is 2.44. The SMILES string of the molecule is CC(=O)N1CCn2c(C3CC3)nc(N3CCCc4cc(-c5ccc(C(N)=O)cc5)ccc43)c2C1. The minimum absolute atomic E-state index is 0.123. The van der Waals surface area contributed by atoms with E-state index in [4.69, 9.17) is 10.7 Å². The number of imidazole rings is 1. The number of nitrogens with zero attached hydrogens (tertiary/aromatic N) is 4. The summed E-state index contributed by atoms with van der Waals surface area (Å²) >= 11 is 0. The summed E-state index contributed by atoms with van der Waals surface area (Å²) in [6, 6.07) is 14.1. The molecule has 174 valence electrons. The van der Waals surface area contributed by atoms with Crippen molar-refractivity contribution < 1.29 is 9.59 Å². The molecule has 7 nitrogen and oxygen atoms in total. The molecule has 2 amide bonds. The summed E-state index contributed by atoms with van der Waals surface area (Å²) in [4.78, 5) is 33.0. The van der Waals surface area contributed by atoms with Crippen LogP contribution in [0.3, 0.4) is 0 Å². The first-order chi connectivity index (χ1) is 16.5. The molecule has 0 saturated heterocycles. The predicted molar refractivity (Wildman–Crippen MR) is 131 cm³/mol. The van der Waals surface area contributed by atoms with Gasteiger partial charge in [-0.15, -0.1) is 0 Å². The van der Waals surface area contributed by atoms with Gasteiger partial charge in [-0.2, -0.15) is 0 Å². The number of hydrogen-bond acceptors (Lipinski definition) is 4. The number of nitrogens with two attached hydrogens (primary N) is 1.